The van der Waals surface area contributed by atoms with Crippen molar-refractivity contribution in [2.75, 3.05) is 18.0 Å². The van der Waals surface area contributed by atoms with Gasteiger partial charge in [0.1, 0.15) is 12.1 Å². The highest BCUT2D eigenvalue weighted by Gasteiger charge is 2.25. The fourth-order valence-corrected chi connectivity index (χ4v) is 3.02. The lowest BCUT2D eigenvalue weighted by molar-refractivity contribution is 0.325. The van der Waals surface area contributed by atoms with Crippen LogP contribution in [0.1, 0.15) is 44.4 Å². The predicted molar refractivity (Wildman–Crippen MR) is 80.1 cm³/mol. The first-order chi connectivity index (χ1) is 9.48. The highest BCUT2D eigenvalue weighted by Crippen LogP contribution is 2.32. The number of fused-ring (bicyclic) bond motifs is 1. The molecule has 0 aromatic carbocycles. The van der Waals surface area contributed by atoms with Gasteiger partial charge in [-0.3, -0.25) is 0 Å². The van der Waals surface area contributed by atoms with Gasteiger partial charge in [-0.05, 0) is 38.5 Å². The van der Waals surface area contributed by atoms with E-state index in [0.717, 1.165) is 18.8 Å². The zero-order valence-corrected chi connectivity index (χ0v) is 12.8. The summed E-state index contributed by atoms with van der Waals surface area (Å²) in [5.74, 6) is 1.87. The molecule has 0 radical (unpaired) electrons. The molecule has 0 spiro atoms. The van der Waals surface area contributed by atoms with Crippen molar-refractivity contribution in [3.63, 3.8) is 0 Å². The molecule has 3 heterocycles. The van der Waals surface area contributed by atoms with E-state index in [-0.39, 0.29) is 0 Å². The molecule has 0 saturated carbocycles. The minimum Gasteiger partial charge on any atom is -0.356 e. The summed E-state index contributed by atoms with van der Waals surface area (Å²) >= 11 is 0. The third-order valence-electron chi connectivity index (χ3n) is 4.52. The van der Waals surface area contributed by atoms with Gasteiger partial charge in [0.05, 0.1) is 0 Å². The van der Waals surface area contributed by atoms with Crippen LogP contribution in [0, 0.1) is 19.3 Å². The Balaban J connectivity index is 2.05. The molecule has 1 aliphatic heterocycles. The molecule has 0 bridgehead atoms. The molecule has 2 aromatic heterocycles. The molecular weight excluding hydrogens is 250 g/mol. The van der Waals surface area contributed by atoms with Crippen LogP contribution in [0.3, 0.4) is 0 Å². The van der Waals surface area contributed by atoms with Crippen LogP contribution in [-0.2, 0) is 0 Å². The topological polar surface area (TPSA) is 46.3 Å². The normalized spacial score (nSPS) is 19.3. The standard InChI is InChI=1S/C15H23N5/c1-11-12(2)18-14-16-10-17-20(14)13(11)19-8-5-6-15(3,4)7-9-19/h10H,5-9H2,1-4H3. The first kappa shape index (κ1) is 13.3. The molecule has 0 aliphatic carbocycles. The van der Waals surface area contributed by atoms with Crippen molar-refractivity contribution in [1.29, 1.82) is 0 Å². The third kappa shape index (κ3) is 2.25. The quantitative estimate of drug-likeness (QED) is 0.801. The van der Waals surface area contributed by atoms with Crippen LogP contribution >= 0.6 is 0 Å². The third-order valence-corrected chi connectivity index (χ3v) is 4.52. The van der Waals surface area contributed by atoms with Gasteiger partial charge in [0, 0.05) is 24.3 Å². The molecular formula is C15H23N5. The lowest BCUT2D eigenvalue weighted by atomic mass is 9.85. The molecule has 5 heteroatoms. The van der Waals surface area contributed by atoms with E-state index in [2.05, 4.69) is 47.7 Å². The van der Waals surface area contributed by atoms with Crippen molar-refractivity contribution < 1.29 is 0 Å². The highest BCUT2D eigenvalue weighted by atomic mass is 15.4. The maximum atomic E-state index is 4.51. The Morgan fingerprint density at radius 2 is 1.95 bits per heavy atom. The highest BCUT2D eigenvalue weighted by molar-refractivity contribution is 5.54. The number of hydrogen-bond donors (Lipinski definition) is 0. The summed E-state index contributed by atoms with van der Waals surface area (Å²) < 4.78 is 1.89. The largest absolute Gasteiger partial charge is 0.356 e. The second-order valence-electron chi connectivity index (χ2n) is 6.62. The fourth-order valence-electron chi connectivity index (χ4n) is 3.02. The molecule has 0 unspecified atom stereocenters. The van der Waals surface area contributed by atoms with E-state index in [1.807, 2.05) is 4.52 Å². The second-order valence-corrected chi connectivity index (χ2v) is 6.62. The zero-order valence-electron chi connectivity index (χ0n) is 12.8. The van der Waals surface area contributed by atoms with Gasteiger partial charge < -0.3 is 4.90 Å². The molecule has 0 atom stereocenters. The molecule has 3 rings (SSSR count). The van der Waals surface area contributed by atoms with E-state index in [1.54, 1.807) is 6.33 Å². The van der Waals surface area contributed by atoms with Gasteiger partial charge in [0.25, 0.3) is 5.78 Å². The number of rotatable bonds is 1. The predicted octanol–water partition coefficient (Wildman–Crippen LogP) is 2.76. The molecule has 5 nitrogen and oxygen atoms in total. The van der Waals surface area contributed by atoms with Gasteiger partial charge in [0.15, 0.2) is 0 Å². The molecule has 1 aliphatic rings. The van der Waals surface area contributed by atoms with Crippen molar-refractivity contribution in [2.24, 2.45) is 5.41 Å². The molecule has 20 heavy (non-hydrogen) atoms. The maximum absolute atomic E-state index is 4.51. The molecule has 1 fully saturated rings. The summed E-state index contributed by atoms with van der Waals surface area (Å²) in [7, 11) is 0. The number of aryl methyl sites for hydroxylation is 1. The van der Waals surface area contributed by atoms with E-state index in [4.69, 9.17) is 0 Å². The molecule has 0 amide bonds. The van der Waals surface area contributed by atoms with Crippen LogP contribution in [0.15, 0.2) is 6.33 Å². The Bertz CT molecular complexity index is 628. The van der Waals surface area contributed by atoms with Gasteiger partial charge in [-0.2, -0.15) is 14.6 Å². The summed E-state index contributed by atoms with van der Waals surface area (Å²) in [6.45, 7) is 11.1. The van der Waals surface area contributed by atoms with Crippen LogP contribution in [-0.4, -0.2) is 32.7 Å². The number of aromatic nitrogens is 4. The van der Waals surface area contributed by atoms with Crippen LogP contribution in [0.5, 0.6) is 0 Å². The average Bonchev–Trinajstić information content (AvgIpc) is 2.75. The number of anilines is 1. The summed E-state index contributed by atoms with van der Waals surface area (Å²) in [6.07, 6.45) is 5.31. The van der Waals surface area contributed by atoms with Crippen LogP contribution < -0.4 is 4.90 Å². The van der Waals surface area contributed by atoms with Gasteiger partial charge in [-0.15, -0.1) is 0 Å². The van der Waals surface area contributed by atoms with E-state index >= 15 is 0 Å². The van der Waals surface area contributed by atoms with Crippen molar-refractivity contribution in [1.82, 2.24) is 19.6 Å². The van der Waals surface area contributed by atoms with Gasteiger partial charge in [0.2, 0.25) is 0 Å². The molecule has 1 saturated heterocycles. The monoisotopic (exact) mass is 273 g/mol. The Morgan fingerprint density at radius 1 is 1.15 bits per heavy atom. The minimum absolute atomic E-state index is 0.437. The first-order valence-electron chi connectivity index (χ1n) is 7.40. The number of hydrogen-bond acceptors (Lipinski definition) is 4. The summed E-state index contributed by atoms with van der Waals surface area (Å²) in [5, 5.41) is 4.36. The smallest absolute Gasteiger partial charge is 0.254 e. The van der Waals surface area contributed by atoms with Gasteiger partial charge in [-0.1, -0.05) is 13.8 Å². The molecule has 2 aromatic rings. The summed E-state index contributed by atoms with van der Waals surface area (Å²) in [4.78, 5) is 11.2. The Hall–Kier alpha value is -1.65. The van der Waals surface area contributed by atoms with E-state index in [9.17, 15) is 0 Å². The van der Waals surface area contributed by atoms with Crippen molar-refractivity contribution in [3.8, 4) is 0 Å². The van der Waals surface area contributed by atoms with Gasteiger partial charge in [-0.25, -0.2) is 4.98 Å². The van der Waals surface area contributed by atoms with Crippen molar-refractivity contribution in [2.45, 2.75) is 47.0 Å². The maximum Gasteiger partial charge on any atom is 0.254 e. The van der Waals surface area contributed by atoms with E-state index < -0.39 is 0 Å². The number of nitrogens with zero attached hydrogens (tertiary/aromatic N) is 5. The Labute approximate surface area is 120 Å². The van der Waals surface area contributed by atoms with Crippen LogP contribution in [0.25, 0.3) is 5.78 Å². The van der Waals surface area contributed by atoms with Crippen molar-refractivity contribution in [3.05, 3.63) is 17.6 Å². The first-order valence-corrected chi connectivity index (χ1v) is 7.40. The van der Waals surface area contributed by atoms with Crippen LogP contribution in [0.2, 0.25) is 0 Å². The van der Waals surface area contributed by atoms with E-state index in [1.165, 1.54) is 30.6 Å². The molecule has 108 valence electrons. The Morgan fingerprint density at radius 3 is 2.75 bits per heavy atom. The average molecular weight is 273 g/mol. The van der Waals surface area contributed by atoms with E-state index in [0.29, 0.717) is 11.2 Å². The minimum atomic E-state index is 0.437. The lowest BCUT2D eigenvalue weighted by Gasteiger charge is -2.26. The van der Waals surface area contributed by atoms with Crippen LogP contribution in [0.4, 0.5) is 5.82 Å². The SMILES string of the molecule is Cc1nc2ncnn2c(N2CCCC(C)(C)CC2)c1C. The second kappa shape index (κ2) is 4.72. The zero-order chi connectivity index (χ0) is 14.3. The Kier molecular flexibility index (Phi) is 3.15. The molecule has 0 N–H and O–H groups in total. The fraction of sp³-hybridized carbons (Fsp3) is 0.667. The van der Waals surface area contributed by atoms with Gasteiger partial charge >= 0.3 is 0 Å². The summed E-state index contributed by atoms with van der Waals surface area (Å²) in [6, 6.07) is 0. The van der Waals surface area contributed by atoms with Crippen molar-refractivity contribution >= 4 is 11.6 Å². The lowest BCUT2D eigenvalue weighted by Crippen LogP contribution is -2.28. The summed E-state index contributed by atoms with van der Waals surface area (Å²) in [5.41, 5.74) is 2.69.